The van der Waals surface area contributed by atoms with Crippen LogP contribution >= 0.6 is 0 Å². The van der Waals surface area contributed by atoms with Gasteiger partial charge in [-0.25, -0.2) is 0 Å². The van der Waals surface area contributed by atoms with Crippen molar-refractivity contribution in [2.75, 3.05) is 16.9 Å². The minimum atomic E-state index is -0.124. The zero-order valence-electron chi connectivity index (χ0n) is 16.2. The van der Waals surface area contributed by atoms with E-state index in [4.69, 9.17) is 0 Å². The van der Waals surface area contributed by atoms with Crippen molar-refractivity contribution < 1.29 is 9.59 Å². The number of nitrogens with one attached hydrogen (secondary N) is 2. The van der Waals surface area contributed by atoms with E-state index in [9.17, 15) is 9.59 Å². The first-order valence-electron chi connectivity index (χ1n) is 9.65. The zero-order chi connectivity index (χ0) is 19.7. The molecule has 0 fully saturated rings. The van der Waals surface area contributed by atoms with Gasteiger partial charge in [0.15, 0.2) is 0 Å². The van der Waals surface area contributed by atoms with Crippen LogP contribution in [0.15, 0.2) is 47.6 Å². The van der Waals surface area contributed by atoms with Crippen LogP contribution < -0.4 is 15.6 Å². The van der Waals surface area contributed by atoms with Gasteiger partial charge in [0.05, 0.1) is 11.7 Å². The highest BCUT2D eigenvalue weighted by Gasteiger charge is 2.18. The van der Waals surface area contributed by atoms with Gasteiger partial charge < -0.3 is 10.6 Å². The number of fused-ring (bicyclic) bond motifs is 1. The Kier molecular flexibility index (Phi) is 4.86. The lowest BCUT2D eigenvalue weighted by Crippen LogP contribution is -2.27. The number of amides is 2. The summed E-state index contributed by atoms with van der Waals surface area (Å²) in [5.41, 5.74) is 5.76. The topological polar surface area (TPSA) is 73.8 Å². The van der Waals surface area contributed by atoms with Crippen molar-refractivity contribution in [2.24, 2.45) is 5.10 Å². The second-order valence-electron chi connectivity index (χ2n) is 7.42. The maximum Gasteiger partial charge on any atom is 0.251 e. The number of anilines is 2. The molecule has 2 aromatic carbocycles. The van der Waals surface area contributed by atoms with Crippen molar-refractivity contribution >= 4 is 28.9 Å². The molecule has 0 radical (unpaired) electrons. The predicted octanol–water partition coefficient (Wildman–Crippen LogP) is 3.65. The average Bonchev–Trinajstić information content (AvgIpc) is 3.14. The molecule has 2 aromatic rings. The molecule has 1 atom stereocenters. The van der Waals surface area contributed by atoms with E-state index in [0.717, 1.165) is 47.6 Å². The van der Waals surface area contributed by atoms with E-state index in [0.29, 0.717) is 12.0 Å². The summed E-state index contributed by atoms with van der Waals surface area (Å²) < 4.78 is 0. The van der Waals surface area contributed by atoms with E-state index in [-0.39, 0.29) is 17.9 Å². The number of hydrogen-bond donors (Lipinski definition) is 2. The normalized spacial score (nSPS) is 16.9. The fourth-order valence-corrected chi connectivity index (χ4v) is 3.58. The fraction of sp³-hybridized carbons (Fsp3) is 0.318. The standard InChI is InChI=1S/C22H24N4O2/c1-14-11-12-26(25-14)19-7-3-16(4-8-19)22(28)23-15(2)17-5-9-20-18(13-17)6-10-21(27)24-20/h3-5,7-9,13,15H,6,10-12H2,1-2H3,(H,23,28)(H,24,27). The van der Waals surface area contributed by atoms with E-state index in [1.165, 1.54) is 0 Å². The Labute approximate surface area is 164 Å². The number of aryl methyl sites for hydroxylation is 1. The molecule has 28 heavy (non-hydrogen) atoms. The molecule has 144 valence electrons. The van der Waals surface area contributed by atoms with Gasteiger partial charge in [0, 0.05) is 36.3 Å². The van der Waals surface area contributed by atoms with Crippen LogP contribution in [0.3, 0.4) is 0 Å². The molecule has 4 rings (SSSR count). The van der Waals surface area contributed by atoms with Crippen LogP contribution in [0.4, 0.5) is 11.4 Å². The molecule has 0 aliphatic carbocycles. The summed E-state index contributed by atoms with van der Waals surface area (Å²) in [4.78, 5) is 24.1. The average molecular weight is 376 g/mol. The monoisotopic (exact) mass is 376 g/mol. The van der Waals surface area contributed by atoms with Crippen LogP contribution in [0.5, 0.6) is 0 Å². The molecular weight excluding hydrogens is 352 g/mol. The molecule has 0 spiro atoms. The Morgan fingerprint density at radius 1 is 1.14 bits per heavy atom. The molecular formula is C22H24N4O2. The second kappa shape index (κ2) is 7.46. The van der Waals surface area contributed by atoms with Crippen LogP contribution in [-0.2, 0) is 11.2 Å². The van der Waals surface area contributed by atoms with E-state index in [1.807, 2.05) is 55.3 Å². The van der Waals surface area contributed by atoms with E-state index < -0.39 is 0 Å². The summed E-state index contributed by atoms with van der Waals surface area (Å²) in [7, 11) is 0. The molecule has 6 nitrogen and oxygen atoms in total. The van der Waals surface area contributed by atoms with Crippen LogP contribution in [-0.4, -0.2) is 24.1 Å². The Balaban J connectivity index is 1.42. The van der Waals surface area contributed by atoms with Crippen molar-refractivity contribution in [1.82, 2.24) is 5.32 Å². The van der Waals surface area contributed by atoms with Crippen LogP contribution in [0.1, 0.15) is 54.2 Å². The van der Waals surface area contributed by atoms with Crippen molar-refractivity contribution in [3.63, 3.8) is 0 Å². The molecule has 2 aliphatic rings. The van der Waals surface area contributed by atoms with Crippen LogP contribution in [0.2, 0.25) is 0 Å². The molecule has 6 heteroatoms. The Morgan fingerprint density at radius 2 is 1.93 bits per heavy atom. The summed E-state index contributed by atoms with van der Waals surface area (Å²) in [6.07, 6.45) is 2.21. The van der Waals surface area contributed by atoms with Gasteiger partial charge in [0.1, 0.15) is 0 Å². The lowest BCUT2D eigenvalue weighted by Gasteiger charge is -2.20. The van der Waals surface area contributed by atoms with E-state index in [2.05, 4.69) is 21.8 Å². The number of rotatable bonds is 4. The maximum atomic E-state index is 12.6. The molecule has 2 amide bonds. The van der Waals surface area contributed by atoms with Crippen molar-refractivity contribution in [1.29, 1.82) is 0 Å². The predicted molar refractivity (Wildman–Crippen MR) is 111 cm³/mol. The molecule has 0 bridgehead atoms. The summed E-state index contributed by atoms with van der Waals surface area (Å²) in [5.74, 6) is -0.0500. The molecule has 2 N–H and O–H groups in total. The smallest absolute Gasteiger partial charge is 0.251 e. The lowest BCUT2D eigenvalue weighted by atomic mass is 9.97. The number of carbonyl (C=O) groups is 2. The first-order chi connectivity index (χ1) is 13.5. The van der Waals surface area contributed by atoms with Gasteiger partial charge in [-0.3, -0.25) is 14.6 Å². The molecule has 2 aliphatic heterocycles. The minimum absolute atomic E-state index is 0.0554. The maximum absolute atomic E-state index is 12.6. The first kappa shape index (κ1) is 18.2. The van der Waals surface area contributed by atoms with Crippen LogP contribution in [0, 0.1) is 0 Å². The molecule has 0 aromatic heterocycles. The summed E-state index contributed by atoms with van der Waals surface area (Å²) in [6.45, 7) is 4.88. The fourth-order valence-electron chi connectivity index (χ4n) is 3.58. The number of carbonyl (C=O) groups excluding carboxylic acids is 2. The molecule has 0 saturated carbocycles. The largest absolute Gasteiger partial charge is 0.346 e. The highest BCUT2D eigenvalue weighted by atomic mass is 16.2. The zero-order valence-corrected chi connectivity index (χ0v) is 16.2. The highest BCUT2D eigenvalue weighted by molar-refractivity contribution is 5.95. The third kappa shape index (κ3) is 3.76. The van der Waals surface area contributed by atoms with Crippen molar-refractivity contribution in [3.05, 3.63) is 59.2 Å². The Hall–Kier alpha value is -3.15. The van der Waals surface area contributed by atoms with Crippen molar-refractivity contribution in [3.8, 4) is 0 Å². The van der Waals surface area contributed by atoms with Gasteiger partial charge in [-0.1, -0.05) is 12.1 Å². The first-order valence-corrected chi connectivity index (χ1v) is 9.65. The second-order valence-corrected chi connectivity index (χ2v) is 7.42. The third-order valence-corrected chi connectivity index (χ3v) is 5.28. The number of hydrazone groups is 1. The third-order valence-electron chi connectivity index (χ3n) is 5.28. The van der Waals surface area contributed by atoms with Gasteiger partial charge in [-0.15, -0.1) is 0 Å². The molecule has 2 heterocycles. The van der Waals surface area contributed by atoms with Gasteiger partial charge in [-0.05, 0) is 61.7 Å². The van der Waals surface area contributed by atoms with Gasteiger partial charge in [0.25, 0.3) is 5.91 Å². The van der Waals surface area contributed by atoms with E-state index >= 15 is 0 Å². The highest BCUT2D eigenvalue weighted by Crippen LogP contribution is 2.26. The van der Waals surface area contributed by atoms with Gasteiger partial charge in [-0.2, -0.15) is 5.10 Å². The molecule has 0 saturated heterocycles. The summed E-state index contributed by atoms with van der Waals surface area (Å²) in [6, 6.07) is 13.3. The number of nitrogens with zero attached hydrogens (tertiary/aromatic N) is 2. The number of benzene rings is 2. The van der Waals surface area contributed by atoms with Crippen molar-refractivity contribution in [2.45, 2.75) is 39.2 Å². The Morgan fingerprint density at radius 3 is 2.64 bits per heavy atom. The van der Waals surface area contributed by atoms with Gasteiger partial charge in [0.2, 0.25) is 5.91 Å². The molecule has 1 unspecified atom stereocenters. The number of hydrogen-bond acceptors (Lipinski definition) is 4. The van der Waals surface area contributed by atoms with E-state index in [1.54, 1.807) is 0 Å². The van der Waals surface area contributed by atoms with Gasteiger partial charge >= 0.3 is 0 Å². The summed E-state index contributed by atoms with van der Waals surface area (Å²) in [5, 5.41) is 12.4. The quantitative estimate of drug-likeness (QED) is 0.855. The minimum Gasteiger partial charge on any atom is -0.346 e. The van der Waals surface area contributed by atoms with Crippen LogP contribution in [0.25, 0.3) is 0 Å². The SMILES string of the molecule is CC1=NN(c2ccc(C(=O)NC(C)c3ccc4c(c3)CCC(=O)N4)cc2)CC1. The lowest BCUT2D eigenvalue weighted by molar-refractivity contribution is -0.116. The Bertz CT molecular complexity index is 950. The summed E-state index contributed by atoms with van der Waals surface area (Å²) >= 11 is 0.